The van der Waals surface area contributed by atoms with Crippen LogP contribution in [0.15, 0.2) is 10.7 Å². The first-order valence-corrected chi connectivity index (χ1v) is 4.25. The average molecular weight is 220 g/mol. The zero-order valence-corrected chi connectivity index (χ0v) is 8.42. The van der Waals surface area contributed by atoms with Crippen LogP contribution >= 0.6 is 15.9 Å². The van der Waals surface area contributed by atoms with Crippen molar-refractivity contribution in [1.82, 2.24) is 4.98 Å². The summed E-state index contributed by atoms with van der Waals surface area (Å²) in [6, 6.07) is 0. The summed E-state index contributed by atoms with van der Waals surface area (Å²) in [7, 11) is 0. The van der Waals surface area contributed by atoms with Crippen LogP contribution < -0.4 is 0 Å². The van der Waals surface area contributed by atoms with Crippen molar-refractivity contribution in [3.05, 3.63) is 22.2 Å². The molecule has 0 aliphatic carbocycles. The Labute approximate surface area is 74.1 Å². The van der Waals surface area contributed by atoms with Crippen molar-refractivity contribution in [2.24, 2.45) is 0 Å². The lowest BCUT2D eigenvalue weighted by atomic mass is 9.93. The Morgan fingerprint density at radius 1 is 1.45 bits per heavy atom. The first kappa shape index (κ1) is 8.78. The van der Waals surface area contributed by atoms with Gasteiger partial charge in [0.2, 0.25) is 0 Å². The van der Waals surface area contributed by atoms with Crippen molar-refractivity contribution >= 4 is 15.9 Å². The van der Waals surface area contributed by atoms with E-state index in [0.717, 1.165) is 5.69 Å². The number of H-pyrrole nitrogens is 1. The zero-order valence-electron chi connectivity index (χ0n) is 6.83. The van der Waals surface area contributed by atoms with Gasteiger partial charge in [0.05, 0.1) is 4.47 Å². The molecule has 62 valence electrons. The largest absolute Gasteiger partial charge is 0.361 e. The highest BCUT2D eigenvalue weighted by Crippen LogP contribution is 2.30. The lowest BCUT2D eigenvalue weighted by Crippen LogP contribution is -2.12. The minimum Gasteiger partial charge on any atom is -0.361 e. The van der Waals surface area contributed by atoms with E-state index in [1.807, 2.05) is 20.8 Å². The number of hydrogen-bond donors (Lipinski definition) is 1. The van der Waals surface area contributed by atoms with E-state index in [9.17, 15) is 4.39 Å². The highest BCUT2D eigenvalue weighted by atomic mass is 79.9. The van der Waals surface area contributed by atoms with Crippen molar-refractivity contribution in [3.8, 4) is 0 Å². The fourth-order valence-corrected chi connectivity index (χ4v) is 1.75. The summed E-state index contributed by atoms with van der Waals surface area (Å²) < 4.78 is 13.3. The molecule has 0 fully saturated rings. The second kappa shape index (κ2) is 2.63. The fraction of sp³-hybridized carbons (Fsp3) is 0.500. The molecule has 1 aromatic heterocycles. The molecule has 0 radical (unpaired) electrons. The Balaban J connectivity index is 3.15. The van der Waals surface area contributed by atoms with Crippen LogP contribution in [0.1, 0.15) is 26.5 Å². The Morgan fingerprint density at radius 2 is 2.00 bits per heavy atom. The summed E-state index contributed by atoms with van der Waals surface area (Å²) in [4.78, 5) is 2.89. The average Bonchev–Trinajstić information content (AvgIpc) is 2.11. The molecule has 0 aromatic carbocycles. The predicted octanol–water partition coefficient (Wildman–Crippen LogP) is 3.21. The van der Waals surface area contributed by atoms with E-state index in [1.165, 1.54) is 6.20 Å². The van der Waals surface area contributed by atoms with Crippen LogP contribution in [-0.2, 0) is 5.41 Å². The summed E-state index contributed by atoms with van der Waals surface area (Å²) in [5.74, 6) is -0.227. The molecule has 0 amide bonds. The number of hydrogen-bond acceptors (Lipinski definition) is 0. The minimum absolute atomic E-state index is 0.0385. The Hall–Kier alpha value is -0.310. The van der Waals surface area contributed by atoms with E-state index < -0.39 is 0 Å². The first-order chi connectivity index (χ1) is 4.93. The van der Waals surface area contributed by atoms with E-state index in [0.29, 0.717) is 4.47 Å². The Morgan fingerprint density at radius 3 is 2.18 bits per heavy atom. The minimum atomic E-state index is -0.227. The van der Waals surface area contributed by atoms with Gasteiger partial charge in [0.1, 0.15) is 0 Å². The molecule has 1 rings (SSSR count). The van der Waals surface area contributed by atoms with Crippen LogP contribution in [0, 0.1) is 5.82 Å². The maximum atomic E-state index is 12.8. The molecule has 0 aliphatic rings. The molecular formula is C8H11BrFN. The van der Waals surface area contributed by atoms with E-state index in [4.69, 9.17) is 0 Å². The molecular weight excluding hydrogens is 209 g/mol. The molecule has 0 unspecified atom stereocenters. The fourth-order valence-electron chi connectivity index (χ4n) is 0.927. The van der Waals surface area contributed by atoms with Gasteiger partial charge in [0.15, 0.2) is 5.82 Å². The van der Waals surface area contributed by atoms with Crippen molar-refractivity contribution < 1.29 is 4.39 Å². The van der Waals surface area contributed by atoms with Gasteiger partial charge < -0.3 is 4.98 Å². The van der Waals surface area contributed by atoms with E-state index >= 15 is 0 Å². The van der Waals surface area contributed by atoms with Crippen molar-refractivity contribution in [2.45, 2.75) is 26.2 Å². The van der Waals surface area contributed by atoms with Crippen LogP contribution in [0.25, 0.3) is 0 Å². The van der Waals surface area contributed by atoms with Gasteiger partial charge in [-0.3, -0.25) is 0 Å². The Bertz CT molecular complexity index is 260. The van der Waals surface area contributed by atoms with Gasteiger partial charge in [-0.25, -0.2) is 4.39 Å². The lowest BCUT2D eigenvalue weighted by molar-refractivity contribution is 0.565. The monoisotopic (exact) mass is 219 g/mol. The summed E-state index contributed by atoms with van der Waals surface area (Å²) in [6.07, 6.45) is 1.37. The number of aromatic nitrogens is 1. The molecule has 1 heterocycles. The Kier molecular flexibility index (Phi) is 2.10. The van der Waals surface area contributed by atoms with Crippen LogP contribution in [0.3, 0.4) is 0 Å². The van der Waals surface area contributed by atoms with Gasteiger partial charge in [-0.05, 0) is 15.9 Å². The predicted molar refractivity (Wildman–Crippen MR) is 47.2 cm³/mol. The van der Waals surface area contributed by atoms with E-state index in [1.54, 1.807) is 0 Å². The van der Waals surface area contributed by atoms with Gasteiger partial charge in [-0.15, -0.1) is 0 Å². The van der Waals surface area contributed by atoms with Crippen LogP contribution in [0.4, 0.5) is 4.39 Å². The van der Waals surface area contributed by atoms with Crippen molar-refractivity contribution in [2.75, 3.05) is 0 Å². The lowest BCUT2D eigenvalue weighted by Gasteiger charge is -2.16. The van der Waals surface area contributed by atoms with Gasteiger partial charge in [0, 0.05) is 17.3 Å². The number of halogens is 2. The third-order valence-corrected chi connectivity index (χ3v) is 2.30. The second-order valence-corrected chi connectivity index (χ2v) is 4.37. The van der Waals surface area contributed by atoms with E-state index in [-0.39, 0.29) is 11.2 Å². The second-order valence-electron chi connectivity index (χ2n) is 3.58. The SMILES string of the molecule is CC(C)(C)c1[nH]cc(F)c1Br. The molecule has 0 atom stereocenters. The van der Waals surface area contributed by atoms with Gasteiger partial charge in [0.25, 0.3) is 0 Å². The van der Waals surface area contributed by atoms with Crippen LogP contribution in [0.2, 0.25) is 0 Å². The van der Waals surface area contributed by atoms with Crippen LogP contribution in [0.5, 0.6) is 0 Å². The number of nitrogens with one attached hydrogen (secondary N) is 1. The quantitative estimate of drug-likeness (QED) is 0.690. The van der Waals surface area contributed by atoms with Gasteiger partial charge in [-0.1, -0.05) is 20.8 Å². The molecule has 1 nitrogen and oxygen atoms in total. The molecule has 1 aromatic rings. The highest BCUT2D eigenvalue weighted by Gasteiger charge is 2.20. The van der Waals surface area contributed by atoms with Gasteiger partial charge in [-0.2, -0.15) is 0 Å². The van der Waals surface area contributed by atoms with Crippen molar-refractivity contribution in [3.63, 3.8) is 0 Å². The topological polar surface area (TPSA) is 15.8 Å². The number of aromatic amines is 1. The highest BCUT2D eigenvalue weighted by molar-refractivity contribution is 9.10. The molecule has 0 aliphatic heterocycles. The third-order valence-electron chi connectivity index (χ3n) is 1.52. The molecule has 0 saturated carbocycles. The summed E-state index contributed by atoms with van der Waals surface area (Å²) in [5, 5.41) is 0. The summed E-state index contributed by atoms with van der Waals surface area (Å²) in [5.41, 5.74) is 0.860. The molecule has 0 saturated heterocycles. The zero-order chi connectivity index (χ0) is 8.65. The summed E-state index contributed by atoms with van der Waals surface area (Å²) in [6.45, 7) is 6.09. The van der Waals surface area contributed by atoms with Crippen molar-refractivity contribution in [1.29, 1.82) is 0 Å². The molecule has 1 N–H and O–H groups in total. The normalized spacial score (nSPS) is 12.1. The number of rotatable bonds is 0. The maximum Gasteiger partial charge on any atom is 0.155 e. The standard InChI is InChI=1S/C8H11BrFN/c1-8(2,3)7-6(9)5(10)4-11-7/h4,11H,1-3H3. The molecule has 0 spiro atoms. The third kappa shape index (κ3) is 1.64. The molecule has 11 heavy (non-hydrogen) atoms. The van der Waals surface area contributed by atoms with Crippen LogP contribution in [-0.4, -0.2) is 4.98 Å². The molecule has 3 heteroatoms. The maximum absolute atomic E-state index is 12.8. The smallest absolute Gasteiger partial charge is 0.155 e. The first-order valence-electron chi connectivity index (χ1n) is 3.46. The molecule has 0 bridgehead atoms. The van der Waals surface area contributed by atoms with E-state index in [2.05, 4.69) is 20.9 Å². The van der Waals surface area contributed by atoms with Gasteiger partial charge >= 0.3 is 0 Å². The summed E-state index contributed by atoms with van der Waals surface area (Å²) >= 11 is 3.18.